The van der Waals surface area contributed by atoms with Crippen molar-refractivity contribution >= 4 is 15.7 Å². The molecule has 0 fully saturated rings. The fourth-order valence-electron chi connectivity index (χ4n) is 4.43. The Morgan fingerprint density at radius 2 is 1.87 bits per heavy atom. The first-order valence-electron chi connectivity index (χ1n) is 11.6. The number of sulfonamides is 1. The van der Waals surface area contributed by atoms with Crippen molar-refractivity contribution < 1.29 is 31.4 Å². The van der Waals surface area contributed by atoms with Gasteiger partial charge in [0.15, 0.2) is 0 Å². The van der Waals surface area contributed by atoms with E-state index < -0.39 is 21.6 Å². The van der Waals surface area contributed by atoms with Gasteiger partial charge in [-0.3, -0.25) is 14.4 Å². The Hall–Kier alpha value is -3.90. The van der Waals surface area contributed by atoms with Crippen LogP contribution in [0.5, 0.6) is 5.75 Å². The highest BCUT2D eigenvalue weighted by molar-refractivity contribution is 7.93. The quantitative estimate of drug-likeness (QED) is 0.365. The van der Waals surface area contributed by atoms with E-state index in [0.29, 0.717) is 23.3 Å². The van der Waals surface area contributed by atoms with Crippen LogP contribution in [-0.2, 0) is 23.5 Å². The van der Waals surface area contributed by atoms with Gasteiger partial charge in [0.2, 0.25) is 0 Å². The number of aromatic nitrogens is 3. The minimum atomic E-state index is -5.59. The van der Waals surface area contributed by atoms with E-state index in [9.17, 15) is 26.7 Å². The summed E-state index contributed by atoms with van der Waals surface area (Å²) in [5, 5.41) is 15.2. The fraction of sp³-hybridized carbons (Fsp3) is 0.231. The molecule has 0 aliphatic carbocycles. The number of aliphatic hydroxyl groups is 1. The first kappa shape index (κ1) is 25.7. The summed E-state index contributed by atoms with van der Waals surface area (Å²) in [6.45, 7) is 0.200. The molecule has 38 heavy (non-hydrogen) atoms. The average Bonchev–Trinajstić information content (AvgIpc) is 3.31. The summed E-state index contributed by atoms with van der Waals surface area (Å²) >= 11 is 0. The van der Waals surface area contributed by atoms with Gasteiger partial charge >= 0.3 is 15.5 Å². The predicted molar refractivity (Wildman–Crippen MR) is 135 cm³/mol. The lowest BCUT2D eigenvalue weighted by atomic mass is 9.88. The predicted octanol–water partition coefficient (Wildman–Crippen LogP) is 4.70. The number of aryl methyl sites for hydroxylation is 1. The summed E-state index contributed by atoms with van der Waals surface area (Å²) in [5.74, 6) is 0.105. The monoisotopic (exact) mass is 544 g/mol. The van der Waals surface area contributed by atoms with Crippen LogP contribution >= 0.6 is 0 Å². The Morgan fingerprint density at radius 1 is 1.11 bits per heavy atom. The maximum atomic E-state index is 12.9. The lowest BCUT2D eigenvalue weighted by Gasteiger charge is -2.30. The molecule has 2 unspecified atom stereocenters. The van der Waals surface area contributed by atoms with Crippen LogP contribution in [-0.4, -0.2) is 40.4 Å². The van der Waals surface area contributed by atoms with Gasteiger partial charge in [0.25, 0.3) is 0 Å². The zero-order valence-corrected chi connectivity index (χ0v) is 20.9. The zero-order valence-electron chi connectivity index (χ0n) is 20.1. The van der Waals surface area contributed by atoms with E-state index in [1.807, 2.05) is 25.2 Å². The molecule has 2 N–H and O–H groups in total. The van der Waals surface area contributed by atoms with Crippen molar-refractivity contribution in [3.63, 3.8) is 0 Å². The maximum Gasteiger partial charge on any atom is 0.516 e. The van der Waals surface area contributed by atoms with Crippen molar-refractivity contribution in [3.05, 3.63) is 84.3 Å². The molecule has 0 saturated heterocycles. The van der Waals surface area contributed by atoms with E-state index in [4.69, 9.17) is 4.74 Å². The van der Waals surface area contributed by atoms with Gasteiger partial charge in [-0.15, -0.1) is 0 Å². The first-order chi connectivity index (χ1) is 18.0. The number of aliphatic hydroxyl groups excluding tert-OH is 1. The molecule has 0 saturated carbocycles. The molecule has 8 nitrogen and oxygen atoms in total. The molecule has 4 aromatic rings. The maximum absolute atomic E-state index is 12.9. The first-order valence-corrected chi connectivity index (χ1v) is 13.1. The summed E-state index contributed by atoms with van der Waals surface area (Å²) in [4.78, 5) is 4.53. The summed E-state index contributed by atoms with van der Waals surface area (Å²) in [6.07, 6.45) is 3.08. The number of nitrogens with one attached hydrogen (secondary N) is 1. The summed E-state index contributed by atoms with van der Waals surface area (Å²) in [7, 11) is -3.75. The van der Waals surface area contributed by atoms with E-state index in [1.54, 1.807) is 46.1 Å². The highest BCUT2D eigenvalue weighted by Crippen LogP contribution is 2.41. The van der Waals surface area contributed by atoms with Crippen molar-refractivity contribution in [1.82, 2.24) is 14.8 Å². The molecule has 5 rings (SSSR count). The smallest absolute Gasteiger partial charge is 0.493 e. The Kier molecular flexibility index (Phi) is 6.61. The Labute approximate surface area is 216 Å². The van der Waals surface area contributed by atoms with Gasteiger partial charge in [0.05, 0.1) is 24.1 Å². The van der Waals surface area contributed by atoms with Crippen LogP contribution in [0, 0.1) is 5.92 Å². The van der Waals surface area contributed by atoms with Crippen LogP contribution in [0.2, 0.25) is 0 Å². The van der Waals surface area contributed by atoms with Crippen molar-refractivity contribution in [3.8, 4) is 28.1 Å². The van der Waals surface area contributed by atoms with Gasteiger partial charge in [-0.1, -0.05) is 30.3 Å². The Bertz CT molecular complexity index is 1570. The molecule has 0 radical (unpaired) electrons. The summed E-state index contributed by atoms with van der Waals surface area (Å²) < 4.78 is 71.3. The number of hydrogen-bond acceptors (Lipinski definition) is 6. The van der Waals surface area contributed by atoms with Crippen molar-refractivity contribution in [2.75, 3.05) is 11.3 Å². The minimum absolute atomic E-state index is 0.200. The molecular weight excluding hydrogens is 521 g/mol. The van der Waals surface area contributed by atoms with Crippen LogP contribution < -0.4 is 9.46 Å². The van der Waals surface area contributed by atoms with Gasteiger partial charge in [-0.2, -0.15) is 26.7 Å². The lowest BCUT2D eigenvalue weighted by molar-refractivity contribution is -0.0429. The number of para-hydroxylation sites is 1. The Morgan fingerprint density at radius 3 is 2.55 bits per heavy atom. The second-order valence-corrected chi connectivity index (χ2v) is 10.6. The highest BCUT2D eigenvalue weighted by Gasteiger charge is 2.46. The highest BCUT2D eigenvalue weighted by atomic mass is 32.2. The Balaban J connectivity index is 1.35. The third-order valence-corrected chi connectivity index (χ3v) is 7.53. The van der Waals surface area contributed by atoms with Crippen molar-refractivity contribution in [1.29, 1.82) is 0 Å². The second-order valence-electron chi connectivity index (χ2n) is 8.95. The van der Waals surface area contributed by atoms with Gasteiger partial charge in [0.1, 0.15) is 5.75 Å². The van der Waals surface area contributed by atoms with Gasteiger partial charge in [0, 0.05) is 47.7 Å². The molecule has 0 spiro atoms. The van der Waals surface area contributed by atoms with Crippen molar-refractivity contribution in [2.45, 2.75) is 18.0 Å². The summed E-state index contributed by atoms with van der Waals surface area (Å²) in [5.41, 5.74) is -1.83. The van der Waals surface area contributed by atoms with Gasteiger partial charge < -0.3 is 9.84 Å². The standard InChI is InChI=1S/C26H23F3N4O4S/c1-33-23(10-11-31-33)17-6-8-19(30-14-17)12-18-15-37-24-13-16(7-9-21(24)25(18)34)20-4-2-3-5-22(20)32-38(35,36)26(27,28)29/h2-11,13-14,18,25,32,34H,12,15H2,1H3. The van der Waals surface area contributed by atoms with Crippen LogP contribution in [0.15, 0.2) is 73.1 Å². The number of benzene rings is 2. The molecule has 198 valence electrons. The van der Waals surface area contributed by atoms with Gasteiger partial charge in [-0.25, -0.2) is 0 Å². The fourth-order valence-corrected chi connectivity index (χ4v) is 5.02. The molecule has 0 bridgehead atoms. The number of halogens is 3. The second kappa shape index (κ2) is 9.76. The van der Waals surface area contributed by atoms with E-state index >= 15 is 0 Å². The SMILES string of the molecule is Cn1nccc1-c1ccc(CC2COc3cc(-c4ccccc4NS(=O)(=O)C(F)(F)F)ccc3C2O)nc1. The van der Waals surface area contributed by atoms with Crippen molar-refractivity contribution in [2.24, 2.45) is 13.0 Å². The molecule has 1 aliphatic rings. The van der Waals surface area contributed by atoms with E-state index in [-0.39, 0.29) is 23.8 Å². The summed E-state index contributed by atoms with van der Waals surface area (Å²) in [6, 6.07) is 16.3. The minimum Gasteiger partial charge on any atom is -0.493 e. The van der Waals surface area contributed by atoms with Gasteiger partial charge in [-0.05, 0) is 42.3 Å². The number of alkyl halides is 3. The van der Waals surface area contributed by atoms with E-state index in [0.717, 1.165) is 17.0 Å². The number of fused-ring (bicyclic) bond motifs is 1. The molecule has 3 heterocycles. The number of pyridine rings is 1. The van der Waals surface area contributed by atoms with Crippen LogP contribution in [0.25, 0.3) is 22.4 Å². The van der Waals surface area contributed by atoms with E-state index in [2.05, 4.69) is 10.1 Å². The number of ether oxygens (including phenoxy) is 1. The number of hydrogen-bond donors (Lipinski definition) is 2. The number of nitrogens with zero attached hydrogens (tertiary/aromatic N) is 3. The average molecular weight is 545 g/mol. The third-order valence-electron chi connectivity index (χ3n) is 6.43. The molecule has 0 amide bonds. The number of rotatable bonds is 6. The topological polar surface area (TPSA) is 106 Å². The van der Waals surface area contributed by atoms with Crippen LogP contribution in [0.4, 0.5) is 18.9 Å². The van der Waals surface area contributed by atoms with E-state index in [1.165, 1.54) is 18.2 Å². The molecule has 2 atom stereocenters. The third kappa shape index (κ3) is 4.96. The normalized spacial score (nSPS) is 17.5. The zero-order chi connectivity index (χ0) is 27.1. The lowest BCUT2D eigenvalue weighted by Crippen LogP contribution is -2.30. The van der Waals surface area contributed by atoms with Crippen LogP contribution in [0.3, 0.4) is 0 Å². The molecule has 12 heteroatoms. The van der Waals surface area contributed by atoms with Crippen LogP contribution in [0.1, 0.15) is 17.4 Å². The number of anilines is 1. The molecule has 2 aromatic carbocycles. The largest absolute Gasteiger partial charge is 0.516 e. The molecule has 2 aromatic heterocycles. The molecular formula is C26H23F3N4O4S. The molecule has 1 aliphatic heterocycles.